The van der Waals surface area contributed by atoms with Crippen LogP contribution in [0.5, 0.6) is 0 Å². The first kappa shape index (κ1) is 15.4. The highest BCUT2D eigenvalue weighted by Gasteiger charge is 2.26. The van der Waals surface area contributed by atoms with Gasteiger partial charge in [-0.15, -0.1) is 0 Å². The maximum absolute atomic E-state index is 13.9. The standard InChI is InChI=1S/C12H14BrFN2O3S/c1-15-20(18,19)7-12(17)16-3-2-8-4-9(13)5-11(14)10(8)6-16/h4-5,15H,2-3,6-7H2,1H3. The summed E-state index contributed by atoms with van der Waals surface area (Å²) in [5.74, 6) is -1.52. The second kappa shape index (κ2) is 5.79. The molecule has 5 nitrogen and oxygen atoms in total. The number of sulfonamides is 1. The van der Waals surface area contributed by atoms with Crippen LogP contribution in [-0.4, -0.2) is 38.6 Å². The Morgan fingerprint density at radius 3 is 2.85 bits per heavy atom. The molecule has 0 fully saturated rings. The Bertz CT molecular complexity index is 648. The Labute approximate surface area is 125 Å². The topological polar surface area (TPSA) is 66.5 Å². The Morgan fingerprint density at radius 2 is 2.20 bits per heavy atom. The van der Waals surface area contributed by atoms with Gasteiger partial charge in [-0.3, -0.25) is 4.79 Å². The summed E-state index contributed by atoms with van der Waals surface area (Å²) in [7, 11) is -2.35. The highest BCUT2D eigenvalue weighted by atomic mass is 79.9. The molecule has 1 aliphatic rings. The van der Waals surface area contributed by atoms with E-state index in [4.69, 9.17) is 0 Å². The van der Waals surface area contributed by atoms with Crippen molar-refractivity contribution in [1.29, 1.82) is 0 Å². The zero-order valence-electron chi connectivity index (χ0n) is 10.8. The molecule has 20 heavy (non-hydrogen) atoms. The maximum Gasteiger partial charge on any atom is 0.239 e. The van der Waals surface area contributed by atoms with Crippen molar-refractivity contribution in [2.24, 2.45) is 0 Å². The van der Waals surface area contributed by atoms with Gasteiger partial charge in [0.2, 0.25) is 15.9 Å². The van der Waals surface area contributed by atoms with Crippen molar-refractivity contribution in [3.05, 3.63) is 33.5 Å². The van der Waals surface area contributed by atoms with E-state index in [1.807, 2.05) is 6.07 Å². The fourth-order valence-electron chi connectivity index (χ4n) is 2.12. The zero-order valence-corrected chi connectivity index (χ0v) is 13.2. The predicted molar refractivity (Wildman–Crippen MR) is 76.1 cm³/mol. The number of hydrogen-bond donors (Lipinski definition) is 1. The number of carbonyl (C=O) groups is 1. The third-order valence-electron chi connectivity index (χ3n) is 3.23. The molecule has 1 aliphatic heterocycles. The molecule has 0 saturated carbocycles. The number of halogens is 2. The van der Waals surface area contributed by atoms with Crippen molar-refractivity contribution in [1.82, 2.24) is 9.62 Å². The average molecular weight is 365 g/mol. The number of carbonyl (C=O) groups excluding carboxylic acids is 1. The first-order chi connectivity index (χ1) is 9.32. The number of rotatable bonds is 3. The van der Waals surface area contributed by atoms with Gasteiger partial charge in [0, 0.05) is 23.1 Å². The van der Waals surface area contributed by atoms with Gasteiger partial charge in [-0.2, -0.15) is 0 Å². The van der Waals surface area contributed by atoms with Crippen LogP contribution in [0.4, 0.5) is 4.39 Å². The lowest BCUT2D eigenvalue weighted by Crippen LogP contribution is -2.41. The van der Waals surface area contributed by atoms with E-state index in [0.717, 1.165) is 5.56 Å². The quantitative estimate of drug-likeness (QED) is 0.870. The molecule has 1 amide bonds. The van der Waals surface area contributed by atoms with Crippen molar-refractivity contribution < 1.29 is 17.6 Å². The third kappa shape index (κ3) is 3.36. The van der Waals surface area contributed by atoms with Crippen LogP contribution in [0.3, 0.4) is 0 Å². The van der Waals surface area contributed by atoms with E-state index in [2.05, 4.69) is 20.7 Å². The van der Waals surface area contributed by atoms with Crippen LogP contribution in [0.25, 0.3) is 0 Å². The lowest BCUT2D eigenvalue weighted by molar-refractivity contribution is -0.129. The molecule has 0 aliphatic carbocycles. The third-order valence-corrected chi connectivity index (χ3v) is 4.94. The Balaban J connectivity index is 2.17. The number of amides is 1. The molecule has 0 saturated heterocycles. The average Bonchev–Trinajstić information content (AvgIpc) is 2.37. The lowest BCUT2D eigenvalue weighted by atomic mass is 9.99. The van der Waals surface area contributed by atoms with Crippen LogP contribution in [-0.2, 0) is 27.8 Å². The van der Waals surface area contributed by atoms with Gasteiger partial charge in [-0.05, 0) is 31.2 Å². The summed E-state index contributed by atoms with van der Waals surface area (Å²) in [5.41, 5.74) is 1.30. The number of benzene rings is 1. The molecule has 1 N–H and O–H groups in total. The zero-order chi connectivity index (χ0) is 14.9. The minimum absolute atomic E-state index is 0.104. The van der Waals surface area contributed by atoms with Crippen LogP contribution < -0.4 is 4.72 Å². The summed E-state index contributed by atoms with van der Waals surface area (Å²) in [6.45, 7) is 0.494. The number of nitrogens with zero attached hydrogens (tertiary/aromatic N) is 1. The molecule has 1 aromatic carbocycles. The molecular weight excluding hydrogens is 351 g/mol. The summed E-state index contributed by atoms with van der Waals surface area (Å²) in [6.07, 6.45) is 0.511. The van der Waals surface area contributed by atoms with Gasteiger partial charge in [0.05, 0.1) is 0 Å². The van der Waals surface area contributed by atoms with Crippen LogP contribution in [0.15, 0.2) is 16.6 Å². The summed E-state index contributed by atoms with van der Waals surface area (Å²) in [6, 6.07) is 3.17. The van der Waals surface area contributed by atoms with Gasteiger partial charge in [0.25, 0.3) is 0 Å². The van der Waals surface area contributed by atoms with Gasteiger partial charge >= 0.3 is 0 Å². The smallest absolute Gasteiger partial charge is 0.239 e. The van der Waals surface area contributed by atoms with Crippen molar-refractivity contribution in [3.63, 3.8) is 0 Å². The number of nitrogens with one attached hydrogen (secondary N) is 1. The minimum Gasteiger partial charge on any atom is -0.337 e. The van der Waals surface area contributed by atoms with Gasteiger partial charge < -0.3 is 4.90 Å². The molecule has 0 aromatic heterocycles. The van der Waals surface area contributed by atoms with Crippen molar-refractivity contribution in [2.45, 2.75) is 13.0 Å². The molecule has 0 unspecified atom stereocenters. The van der Waals surface area contributed by atoms with Crippen LogP contribution in [0.1, 0.15) is 11.1 Å². The summed E-state index contributed by atoms with van der Waals surface area (Å²) in [5, 5.41) is 0. The van der Waals surface area contributed by atoms with E-state index in [-0.39, 0.29) is 12.4 Å². The monoisotopic (exact) mass is 364 g/mol. The van der Waals surface area contributed by atoms with Gasteiger partial charge in [0.1, 0.15) is 11.6 Å². The first-order valence-electron chi connectivity index (χ1n) is 5.98. The van der Waals surface area contributed by atoms with Crippen molar-refractivity contribution >= 4 is 31.9 Å². The Hall–Kier alpha value is -0.990. The summed E-state index contributed by atoms with van der Waals surface area (Å²) >= 11 is 3.23. The molecule has 0 bridgehead atoms. The molecule has 8 heteroatoms. The van der Waals surface area contributed by atoms with Crippen molar-refractivity contribution in [2.75, 3.05) is 19.3 Å². The molecule has 1 aromatic rings. The van der Waals surface area contributed by atoms with E-state index >= 15 is 0 Å². The number of fused-ring (bicyclic) bond motifs is 1. The van der Waals surface area contributed by atoms with Crippen molar-refractivity contribution in [3.8, 4) is 0 Å². The number of hydrogen-bond acceptors (Lipinski definition) is 3. The molecule has 0 radical (unpaired) electrons. The van der Waals surface area contributed by atoms with E-state index in [0.29, 0.717) is 23.0 Å². The molecule has 2 rings (SSSR count). The second-order valence-electron chi connectivity index (χ2n) is 4.55. The van der Waals surface area contributed by atoms with Gasteiger partial charge in [-0.1, -0.05) is 15.9 Å². The lowest BCUT2D eigenvalue weighted by Gasteiger charge is -2.29. The maximum atomic E-state index is 13.9. The predicted octanol–water partition coefficient (Wildman–Crippen LogP) is 1.02. The largest absolute Gasteiger partial charge is 0.337 e. The van der Waals surface area contributed by atoms with E-state index in [1.54, 1.807) is 0 Å². The van der Waals surface area contributed by atoms with Crippen LogP contribution in [0.2, 0.25) is 0 Å². The highest BCUT2D eigenvalue weighted by molar-refractivity contribution is 9.10. The Morgan fingerprint density at radius 1 is 1.50 bits per heavy atom. The normalized spacial score (nSPS) is 15.1. The van der Waals surface area contributed by atoms with E-state index in [9.17, 15) is 17.6 Å². The fourth-order valence-corrected chi connectivity index (χ4v) is 3.25. The highest BCUT2D eigenvalue weighted by Crippen LogP contribution is 2.26. The molecular formula is C12H14BrFN2O3S. The first-order valence-corrected chi connectivity index (χ1v) is 8.42. The molecule has 110 valence electrons. The van der Waals surface area contributed by atoms with Gasteiger partial charge in [-0.25, -0.2) is 17.5 Å². The second-order valence-corrected chi connectivity index (χ2v) is 7.40. The minimum atomic E-state index is -3.60. The molecule has 0 spiro atoms. The van der Waals surface area contributed by atoms with E-state index < -0.39 is 21.7 Å². The Kier molecular flexibility index (Phi) is 4.46. The van der Waals surface area contributed by atoms with Crippen LogP contribution >= 0.6 is 15.9 Å². The fraction of sp³-hybridized carbons (Fsp3) is 0.417. The van der Waals surface area contributed by atoms with Crippen LogP contribution in [0, 0.1) is 5.82 Å². The molecule has 1 heterocycles. The summed E-state index contributed by atoms with van der Waals surface area (Å²) < 4.78 is 39.4. The van der Waals surface area contributed by atoms with Gasteiger partial charge in [0.15, 0.2) is 0 Å². The SMILES string of the molecule is CNS(=O)(=O)CC(=O)N1CCc2cc(Br)cc(F)c2C1. The molecule has 0 atom stereocenters. The summed E-state index contributed by atoms with van der Waals surface area (Å²) in [4.78, 5) is 13.3. The van der Waals surface area contributed by atoms with E-state index in [1.165, 1.54) is 18.0 Å².